The third-order valence-electron chi connectivity index (χ3n) is 4.43. The van der Waals surface area contributed by atoms with Gasteiger partial charge in [-0.25, -0.2) is 0 Å². The second-order valence-corrected chi connectivity index (χ2v) is 7.39. The topological polar surface area (TPSA) is 61.8 Å². The number of ether oxygens (including phenoxy) is 1. The summed E-state index contributed by atoms with van der Waals surface area (Å²) in [5.41, 5.74) is 4.11. The van der Waals surface area contributed by atoms with E-state index in [1.165, 1.54) is 0 Å². The van der Waals surface area contributed by atoms with E-state index in [0.717, 1.165) is 41.1 Å². The normalized spacial score (nSPS) is 12.1. The van der Waals surface area contributed by atoms with E-state index in [4.69, 9.17) is 4.74 Å². The Balaban J connectivity index is 1.86. The molecule has 5 heteroatoms. The number of anilines is 1. The Morgan fingerprint density at radius 2 is 1.82 bits per heavy atom. The van der Waals surface area contributed by atoms with Gasteiger partial charge in [0.1, 0.15) is 18.5 Å². The van der Waals surface area contributed by atoms with Crippen LogP contribution in [0.25, 0.3) is 0 Å². The van der Waals surface area contributed by atoms with Gasteiger partial charge in [-0.05, 0) is 68.6 Å². The van der Waals surface area contributed by atoms with Crippen LogP contribution in [-0.2, 0) is 4.79 Å². The second kappa shape index (κ2) is 10.8. The molecular weight excluding hydrogens is 352 g/mol. The highest BCUT2D eigenvalue weighted by atomic mass is 16.5. The lowest BCUT2D eigenvalue weighted by Crippen LogP contribution is -2.40. The van der Waals surface area contributed by atoms with E-state index in [1.807, 2.05) is 62.1 Å². The summed E-state index contributed by atoms with van der Waals surface area (Å²) in [6.45, 7) is 9.63. The summed E-state index contributed by atoms with van der Waals surface area (Å²) < 4.78 is 5.75. The van der Waals surface area contributed by atoms with Gasteiger partial charge in [0.05, 0.1) is 6.54 Å². The van der Waals surface area contributed by atoms with Crippen molar-refractivity contribution in [2.45, 2.75) is 40.2 Å². The monoisotopic (exact) mass is 384 g/mol. The summed E-state index contributed by atoms with van der Waals surface area (Å²) in [5.74, 6) is 0.682. The minimum Gasteiger partial charge on any atom is -0.491 e. The molecule has 2 N–H and O–H groups in total. The predicted octanol–water partition coefficient (Wildman–Crippen LogP) is 3.70. The van der Waals surface area contributed by atoms with Crippen LogP contribution in [0.1, 0.15) is 30.0 Å². The fourth-order valence-corrected chi connectivity index (χ4v) is 3.22. The molecule has 0 aliphatic carbocycles. The van der Waals surface area contributed by atoms with Crippen LogP contribution in [-0.4, -0.2) is 48.3 Å². The molecule has 28 heavy (non-hydrogen) atoms. The molecule has 0 heterocycles. The first-order valence-corrected chi connectivity index (χ1v) is 9.84. The van der Waals surface area contributed by atoms with Crippen molar-refractivity contribution in [3.63, 3.8) is 0 Å². The maximum Gasteiger partial charge on any atom is 0.238 e. The summed E-state index contributed by atoms with van der Waals surface area (Å²) in [5, 5.41) is 13.3. The van der Waals surface area contributed by atoms with Crippen LogP contribution >= 0.6 is 0 Å². The SMILES string of the molecule is CCCN(CC(=O)Nc1ccccc1C)CC(O)COc1cc(C)cc(C)c1. The third kappa shape index (κ3) is 7.33. The second-order valence-electron chi connectivity index (χ2n) is 7.39. The Bertz CT molecular complexity index is 756. The highest BCUT2D eigenvalue weighted by Gasteiger charge is 2.16. The number of aryl methyl sites for hydroxylation is 3. The molecule has 1 atom stereocenters. The number of hydrogen-bond acceptors (Lipinski definition) is 4. The molecule has 0 radical (unpaired) electrons. The van der Waals surface area contributed by atoms with E-state index in [9.17, 15) is 9.90 Å². The van der Waals surface area contributed by atoms with Gasteiger partial charge in [-0.1, -0.05) is 31.2 Å². The van der Waals surface area contributed by atoms with Crippen molar-refractivity contribution in [1.82, 2.24) is 4.90 Å². The summed E-state index contributed by atoms with van der Waals surface area (Å²) in [4.78, 5) is 14.4. The quantitative estimate of drug-likeness (QED) is 0.656. The molecule has 0 bridgehead atoms. The fraction of sp³-hybridized carbons (Fsp3) is 0.435. The molecule has 1 amide bonds. The lowest BCUT2D eigenvalue weighted by atomic mass is 10.1. The van der Waals surface area contributed by atoms with E-state index in [2.05, 4.69) is 18.3 Å². The van der Waals surface area contributed by atoms with Crippen molar-refractivity contribution in [3.05, 3.63) is 59.2 Å². The Morgan fingerprint density at radius 1 is 1.14 bits per heavy atom. The van der Waals surface area contributed by atoms with Crippen LogP contribution in [0, 0.1) is 20.8 Å². The number of para-hydroxylation sites is 1. The van der Waals surface area contributed by atoms with Gasteiger partial charge in [0, 0.05) is 12.2 Å². The Labute approximate surface area is 168 Å². The largest absolute Gasteiger partial charge is 0.491 e. The highest BCUT2D eigenvalue weighted by Crippen LogP contribution is 2.16. The molecule has 0 spiro atoms. The molecule has 2 rings (SSSR count). The van der Waals surface area contributed by atoms with Crippen molar-refractivity contribution in [2.24, 2.45) is 0 Å². The van der Waals surface area contributed by atoms with Gasteiger partial charge in [-0.2, -0.15) is 0 Å². The first kappa shape index (κ1) is 21.9. The molecule has 2 aromatic carbocycles. The van der Waals surface area contributed by atoms with E-state index in [-0.39, 0.29) is 19.1 Å². The smallest absolute Gasteiger partial charge is 0.238 e. The average molecular weight is 385 g/mol. The fourth-order valence-electron chi connectivity index (χ4n) is 3.22. The number of nitrogens with zero attached hydrogens (tertiary/aromatic N) is 1. The Hall–Kier alpha value is -2.37. The molecule has 5 nitrogen and oxygen atoms in total. The van der Waals surface area contributed by atoms with Crippen LogP contribution < -0.4 is 10.1 Å². The predicted molar refractivity (Wildman–Crippen MR) is 114 cm³/mol. The van der Waals surface area contributed by atoms with Crippen molar-refractivity contribution >= 4 is 11.6 Å². The van der Waals surface area contributed by atoms with E-state index in [1.54, 1.807) is 0 Å². The molecule has 0 saturated heterocycles. The number of aliphatic hydroxyl groups is 1. The zero-order valence-electron chi connectivity index (χ0n) is 17.4. The minimum absolute atomic E-state index is 0.0785. The molecule has 0 saturated carbocycles. The number of rotatable bonds is 10. The zero-order chi connectivity index (χ0) is 20.5. The van der Waals surface area contributed by atoms with Gasteiger partial charge in [0.25, 0.3) is 0 Å². The number of benzene rings is 2. The van der Waals surface area contributed by atoms with Gasteiger partial charge in [0.15, 0.2) is 0 Å². The molecule has 0 aliphatic rings. The summed E-state index contributed by atoms with van der Waals surface area (Å²) in [6.07, 6.45) is 0.237. The molecule has 0 aromatic heterocycles. The minimum atomic E-state index is -0.668. The van der Waals surface area contributed by atoms with Crippen LogP contribution in [0.5, 0.6) is 5.75 Å². The Kier molecular flexibility index (Phi) is 8.48. The van der Waals surface area contributed by atoms with Gasteiger partial charge in [-0.15, -0.1) is 0 Å². The van der Waals surface area contributed by atoms with E-state index >= 15 is 0 Å². The van der Waals surface area contributed by atoms with Crippen molar-refractivity contribution in [3.8, 4) is 5.75 Å². The summed E-state index contributed by atoms with van der Waals surface area (Å²) in [7, 11) is 0. The lowest BCUT2D eigenvalue weighted by Gasteiger charge is -2.24. The standard InChI is InChI=1S/C23H32N2O3/c1-5-10-25(15-23(27)24-22-9-7-6-8-19(22)4)14-20(26)16-28-21-12-17(2)11-18(3)13-21/h6-9,11-13,20,26H,5,10,14-16H2,1-4H3,(H,24,27). The lowest BCUT2D eigenvalue weighted by molar-refractivity contribution is -0.117. The zero-order valence-corrected chi connectivity index (χ0v) is 17.4. The first-order valence-electron chi connectivity index (χ1n) is 9.84. The molecule has 0 aliphatic heterocycles. The summed E-state index contributed by atoms with van der Waals surface area (Å²) >= 11 is 0. The number of carbonyl (C=O) groups is 1. The number of amides is 1. The van der Waals surface area contributed by atoms with Gasteiger partial charge in [0.2, 0.25) is 5.91 Å². The summed E-state index contributed by atoms with van der Waals surface area (Å²) in [6, 6.07) is 13.7. The van der Waals surface area contributed by atoms with Gasteiger partial charge in [-0.3, -0.25) is 9.69 Å². The first-order chi connectivity index (χ1) is 13.4. The highest BCUT2D eigenvalue weighted by molar-refractivity contribution is 5.92. The van der Waals surface area contributed by atoms with Crippen LogP contribution in [0.15, 0.2) is 42.5 Å². The molecule has 152 valence electrons. The van der Waals surface area contributed by atoms with Gasteiger partial charge >= 0.3 is 0 Å². The van der Waals surface area contributed by atoms with Crippen molar-refractivity contribution < 1.29 is 14.6 Å². The molecule has 1 unspecified atom stereocenters. The average Bonchev–Trinajstić information content (AvgIpc) is 2.61. The van der Waals surface area contributed by atoms with Crippen LogP contribution in [0.4, 0.5) is 5.69 Å². The van der Waals surface area contributed by atoms with Crippen LogP contribution in [0.2, 0.25) is 0 Å². The van der Waals surface area contributed by atoms with Crippen molar-refractivity contribution in [1.29, 1.82) is 0 Å². The third-order valence-corrected chi connectivity index (χ3v) is 4.43. The maximum atomic E-state index is 12.4. The van der Waals surface area contributed by atoms with Crippen LogP contribution in [0.3, 0.4) is 0 Å². The molecule has 0 fully saturated rings. The maximum absolute atomic E-state index is 12.4. The number of aliphatic hydroxyl groups excluding tert-OH is 1. The number of nitrogens with one attached hydrogen (secondary N) is 1. The number of hydrogen-bond donors (Lipinski definition) is 2. The number of carbonyl (C=O) groups excluding carboxylic acids is 1. The molecule has 2 aromatic rings. The Morgan fingerprint density at radius 3 is 2.46 bits per heavy atom. The van der Waals surface area contributed by atoms with Gasteiger partial charge < -0.3 is 15.2 Å². The van der Waals surface area contributed by atoms with E-state index < -0.39 is 6.10 Å². The molecular formula is C23H32N2O3. The van der Waals surface area contributed by atoms with E-state index in [0.29, 0.717) is 6.54 Å². The van der Waals surface area contributed by atoms with Crippen molar-refractivity contribution in [2.75, 3.05) is 31.6 Å².